The molecular formula is C10H16N4O. The number of likely N-dealkylation sites (N-methyl/N-ethyl adjacent to an activating group) is 1. The molecule has 15 heavy (non-hydrogen) atoms. The Hall–Kier alpha value is -1.52. The molecule has 5 heteroatoms. The number of rotatable bonds is 1. The Morgan fingerprint density at radius 1 is 1.27 bits per heavy atom. The van der Waals surface area contributed by atoms with E-state index in [-0.39, 0.29) is 5.91 Å². The molecule has 82 valence electrons. The molecule has 2 rings (SSSR count). The second-order valence-corrected chi connectivity index (χ2v) is 3.90. The SMILES string of the molecule is CN1CCN(c2ccn(C)n2)CCC1=O. The predicted molar refractivity (Wildman–Crippen MR) is 57.7 cm³/mol. The highest BCUT2D eigenvalue weighted by Crippen LogP contribution is 2.12. The largest absolute Gasteiger partial charge is 0.353 e. The number of aryl methyl sites for hydroxylation is 1. The van der Waals surface area contributed by atoms with E-state index in [9.17, 15) is 4.79 Å². The predicted octanol–water partition coefficient (Wildman–Crippen LogP) is 0.0886. The monoisotopic (exact) mass is 208 g/mol. The van der Waals surface area contributed by atoms with Gasteiger partial charge in [0.2, 0.25) is 5.91 Å². The van der Waals surface area contributed by atoms with E-state index in [1.165, 1.54) is 0 Å². The van der Waals surface area contributed by atoms with Crippen molar-refractivity contribution in [3.63, 3.8) is 0 Å². The first-order chi connectivity index (χ1) is 7.16. The Kier molecular flexibility index (Phi) is 2.62. The summed E-state index contributed by atoms with van der Waals surface area (Å²) in [7, 11) is 3.75. The normalized spacial score (nSPS) is 18.1. The molecule has 0 aliphatic carbocycles. The van der Waals surface area contributed by atoms with Gasteiger partial charge in [0.25, 0.3) is 0 Å². The highest BCUT2D eigenvalue weighted by atomic mass is 16.2. The molecule has 1 aliphatic heterocycles. The average Bonchev–Trinajstić information content (AvgIpc) is 2.56. The summed E-state index contributed by atoms with van der Waals surface area (Å²) in [5, 5.41) is 4.34. The minimum atomic E-state index is 0.216. The van der Waals surface area contributed by atoms with Gasteiger partial charge in [-0.3, -0.25) is 9.48 Å². The molecule has 0 atom stereocenters. The van der Waals surface area contributed by atoms with Crippen molar-refractivity contribution in [1.82, 2.24) is 14.7 Å². The standard InChI is InChI=1S/C10H16N4O/c1-12-7-8-14(6-4-10(12)15)9-3-5-13(2)11-9/h3,5H,4,6-8H2,1-2H3. The Morgan fingerprint density at radius 3 is 2.73 bits per heavy atom. The van der Waals surface area contributed by atoms with Crippen LogP contribution in [-0.4, -0.2) is 47.3 Å². The number of hydrogen-bond donors (Lipinski definition) is 0. The molecule has 2 heterocycles. The molecule has 0 bridgehead atoms. The molecular weight excluding hydrogens is 192 g/mol. The highest BCUT2D eigenvalue weighted by molar-refractivity contribution is 5.77. The Bertz CT molecular complexity index is 360. The Balaban J connectivity index is 2.08. The number of anilines is 1. The van der Waals surface area contributed by atoms with Gasteiger partial charge in [0, 0.05) is 52.4 Å². The number of hydrogen-bond acceptors (Lipinski definition) is 3. The molecule has 0 spiro atoms. The van der Waals surface area contributed by atoms with Gasteiger partial charge in [-0.05, 0) is 0 Å². The van der Waals surface area contributed by atoms with Crippen molar-refractivity contribution >= 4 is 11.7 Å². The quantitative estimate of drug-likeness (QED) is 0.656. The molecule has 5 nitrogen and oxygen atoms in total. The summed E-state index contributed by atoms with van der Waals surface area (Å²) in [6, 6.07) is 1.98. The average molecular weight is 208 g/mol. The van der Waals surface area contributed by atoms with Crippen molar-refractivity contribution in [2.75, 3.05) is 31.6 Å². The lowest BCUT2D eigenvalue weighted by molar-refractivity contribution is -0.129. The maximum atomic E-state index is 11.5. The van der Waals surface area contributed by atoms with E-state index in [2.05, 4.69) is 10.00 Å². The summed E-state index contributed by atoms with van der Waals surface area (Å²) in [4.78, 5) is 15.4. The third-order valence-corrected chi connectivity index (χ3v) is 2.75. The summed E-state index contributed by atoms with van der Waals surface area (Å²) < 4.78 is 1.78. The fourth-order valence-electron chi connectivity index (χ4n) is 1.73. The van der Waals surface area contributed by atoms with E-state index in [1.807, 2.05) is 26.4 Å². The number of carbonyl (C=O) groups excluding carboxylic acids is 1. The van der Waals surface area contributed by atoms with Crippen molar-refractivity contribution in [2.24, 2.45) is 7.05 Å². The number of nitrogens with zero attached hydrogens (tertiary/aromatic N) is 4. The molecule has 0 N–H and O–H groups in total. The van der Waals surface area contributed by atoms with E-state index < -0.39 is 0 Å². The summed E-state index contributed by atoms with van der Waals surface area (Å²) in [6.45, 7) is 2.40. The van der Waals surface area contributed by atoms with Crippen molar-refractivity contribution in [3.05, 3.63) is 12.3 Å². The van der Waals surface area contributed by atoms with Crippen molar-refractivity contribution in [1.29, 1.82) is 0 Å². The van der Waals surface area contributed by atoms with Gasteiger partial charge in [0.15, 0.2) is 5.82 Å². The lowest BCUT2D eigenvalue weighted by Crippen LogP contribution is -2.30. The first-order valence-corrected chi connectivity index (χ1v) is 5.15. The van der Waals surface area contributed by atoms with Crippen LogP contribution < -0.4 is 4.90 Å². The van der Waals surface area contributed by atoms with Crippen LogP contribution in [0.5, 0.6) is 0 Å². The summed E-state index contributed by atoms with van der Waals surface area (Å²) in [5.74, 6) is 1.18. The maximum absolute atomic E-state index is 11.5. The Morgan fingerprint density at radius 2 is 2.07 bits per heavy atom. The van der Waals surface area contributed by atoms with Crippen LogP contribution in [0.25, 0.3) is 0 Å². The molecule has 0 unspecified atom stereocenters. The first kappa shape index (κ1) is 10.0. The minimum Gasteiger partial charge on any atom is -0.353 e. The van der Waals surface area contributed by atoms with Gasteiger partial charge < -0.3 is 9.80 Å². The number of amides is 1. The molecule has 1 aromatic heterocycles. The van der Waals surface area contributed by atoms with E-state index in [0.717, 1.165) is 25.5 Å². The summed E-state index contributed by atoms with van der Waals surface area (Å²) >= 11 is 0. The Labute approximate surface area is 89.3 Å². The fraction of sp³-hybridized carbons (Fsp3) is 0.600. The molecule has 0 radical (unpaired) electrons. The van der Waals surface area contributed by atoms with Crippen LogP contribution in [0.1, 0.15) is 6.42 Å². The third-order valence-electron chi connectivity index (χ3n) is 2.75. The molecule has 0 saturated carbocycles. The summed E-state index contributed by atoms with van der Waals surface area (Å²) in [6.07, 6.45) is 2.50. The van der Waals surface area contributed by atoms with Gasteiger partial charge in [0.05, 0.1) is 0 Å². The zero-order valence-electron chi connectivity index (χ0n) is 9.18. The van der Waals surface area contributed by atoms with E-state index in [4.69, 9.17) is 0 Å². The second kappa shape index (κ2) is 3.92. The van der Waals surface area contributed by atoms with Gasteiger partial charge in [-0.1, -0.05) is 0 Å². The van der Waals surface area contributed by atoms with E-state index in [0.29, 0.717) is 6.42 Å². The topological polar surface area (TPSA) is 41.4 Å². The lowest BCUT2D eigenvalue weighted by atomic mass is 10.3. The fourth-order valence-corrected chi connectivity index (χ4v) is 1.73. The van der Waals surface area contributed by atoms with E-state index in [1.54, 1.807) is 9.58 Å². The van der Waals surface area contributed by atoms with Crippen LogP contribution in [0.15, 0.2) is 12.3 Å². The first-order valence-electron chi connectivity index (χ1n) is 5.15. The van der Waals surface area contributed by atoms with Gasteiger partial charge in [-0.15, -0.1) is 0 Å². The van der Waals surface area contributed by atoms with Crippen LogP contribution in [-0.2, 0) is 11.8 Å². The molecule has 1 aromatic rings. The van der Waals surface area contributed by atoms with Crippen LogP contribution in [0.3, 0.4) is 0 Å². The zero-order chi connectivity index (χ0) is 10.8. The van der Waals surface area contributed by atoms with Crippen molar-refractivity contribution in [3.8, 4) is 0 Å². The summed E-state index contributed by atoms with van der Waals surface area (Å²) in [5.41, 5.74) is 0. The number of carbonyl (C=O) groups is 1. The molecule has 1 amide bonds. The van der Waals surface area contributed by atoms with Gasteiger partial charge in [-0.2, -0.15) is 5.10 Å². The van der Waals surface area contributed by atoms with Gasteiger partial charge in [-0.25, -0.2) is 0 Å². The van der Waals surface area contributed by atoms with Crippen molar-refractivity contribution in [2.45, 2.75) is 6.42 Å². The third kappa shape index (κ3) is 2.11. The maximum Gasteiger partial charge on any atom is 0.224 e. The lowest BCUT2D eigenvalue weighted by Gasteiger charge is -2.19. The van der Waals surface area contributed by atoms with Gasteiger partial charge in [0.1, 0.15) is 0 Å². The van der Waals surface area contributed by atoms with Crippen molar-refractivity contribution < 1.29 is 4.79 Å². The van der Waals surface area contributed by atoms with Crippen LogP contribution >= 0.6 is 0 Å². The molecule has 0 aromatic carbocycles. The number of aromatic nitrogens is 2. The molecule has 1 aliphatic rings. The van der Waals surface area contributed by atoms with Gasteiger partial charge >= 0.3 is 0 Å². The van der Waals surface area contributed by atoms with E-state index >= 15 is 0 Å². The van der Waals surface area contributed by atoms with Crippen LogP contribution in [0, 0.1) is 0 Å². The zero-order valence-corrected chi connectivity index (χ0v) is 9.18. The molecule has 1 fully saturated rings. The highest BCUT2D eigenvalue weighted by Gasteiger charge is 2.18. The van der Waals surface area contributed by atoms with Crippen LogP contribution in [0.4, 0.5) is 5.82 Å². The molecule has 1 saturated heterocycles. The second-order valence-electron chi connectivity index (χ2n) is 3.90. The smallest absolute Gasteiger partial charge is 0.224 e. The van der Waals surface area contributed by atoms with Crippen LogP contribution in [0.2, 0.25) is 0 Å². The minimum absolute atomic E-state index is 0.216.